The van der Waals surface area contributed by atoms with Gasteiger partial charge in [0.1, 0.15) is 0 Å². The highest BCUT2D eigenvalue weighted by Crippen LogP contribution is 2.23. The molecule has 0 aromatic heterocycles. The smallest absolute Gasteiger partial charge is 0.0622 e. The van der Waals surface area contributed by atoms with E-state index < -0.39 is 5.60 Å². The van der Waals surface area contributed by atoms with Crippen LogP contribution < -0.4 is 0 Å². The van der Waals surface area contributed by atoms with Gasteiger partial charge in [0.05, 0.1) is 5.60 Å². The van der Waals surface area contributed by atoms with Crippen molar-refractivity contribution in [3.8, 4) is 0 Å². The van der Waals surface area contributed by atoms with E-state index in [2.05, 4.69) is 26.0 Å². The van der Waals surface area contributed by atoms with Crippen molar-refractivity contribution in [2.75, 3.05) is 0 Å². The molecular weight excluding hydrogens is 196 g/mol. The second kappa shape index (κ2) is 6.24. The van der Waals surface area contributed by atoms with Crippen LogP contribution in [0.25, 0.3) is 0 Å². The Hall–Kier alpha value is -0.560. The molecule has 1 N–H and O–H groups in total. The number of allylic oxidation sites excluding steroid dienone is 4. The highest BCUT2D eigenvalue weighted by atomic mass is 16.3. The van der Waals surface area contributed by atoms with Gasteiger partial charge < -0.3 is 5.11 Å². The van der Waals surface area contributed by atoms with Gasteiger partial charge in [-0.3, -0.25) is 0 Å². The minimum Gasteiger partial charge on any atom is -0.390 e. The SMILES string of the molecule is CC1=CCCC(C)(O)CCCC(C)=CCC1. The van der Waals surface area contributed by atoms with E-state index in [1.54, 1.807) is 0 Å². The quantitative estimate of drug-likeness (QED) is 0.603. The zero-order chi connectivity index (χ0) is 12.0. The fraction of sp³-hybridized carbons (Fsp3) is 0.733. The Morgan fingerprint density at radius 3 is 2.38 bits per heavy atom. The third-order valence-electron chi connectivity index (χ3n) is 3.49. The summed E-state index contributed by atoms with van der Waals surface area (Å²) in [7, 11) is 0. The molecule has 0 bridgehead atoms. The van der Waals surface area contributed by atoms with Crippen LogP contribution in [-0.2, 0) is 0 Å². The minimum atomic E-state index is -0.476. The Labute approximate surface area is 100 Å². The molecule has 0 spiro atoms. The highest BCUT2D eigenvalue weighted by molar-refractivity contribution is 5.04. The zero-order valence-corrected chi connectivity index (χ0v) is 11.1. The molecule has 0 saturated heterocycles. The first-order chi connectivity index (χ1) is 7.49. The van der Waals surface area contributed by atoms with Crippen LogP contribution in [0.5, 0.6) is 0 Å². The Balaban J connectivity index is 2.61. The summed E-state index contributed by atoms with van der Waals surface area (Å²) in [4.78, 5) is 0. The average Bonchev–Trinajstić information content (AvgIpc) is 2.15. The maximum absolute atomic E-state index is 10.2. The first-order valence-corrected chi connectivity index (χ1v) is 6.53. The predicted molar refractivity (Wildman–Crippen MR) is 70.5 cm³/mol. The summed E-state index contributed by atoms with van der Waals surface area (Å²) in [6.45, 7) is 6.38. The van der Waals surface area contributed by atoms with Crippen LogP contribution in [0, 0.1) is 0 Å². The third kappa shape index (κ3) is 5.50. The van der Waals surface area contributed by atoms with E-state index in [1.807, 2.05) is 6.92 Å². The Morgan fingerprint density at radius 2 is 1.62 bits per heavy atom. The number of aliphatic hydroxyl groups is 1. The van der Waals surface area contributed by atoms with E-state index in [0.29, 0.717) is 0 Å². The van der Waals surface area contributed by atoms with Gasteiger partial charge in [0.15, 0.2) is 0 Å². The van der Waals surface area contributed by atoms with Gasteiger partial charge in [-0.15, -0.1) is 0 Å². The second-order valence-corrected chi connectivity index (χ2v) is 5.53. The zero-order valence-electron chi connectivity index (χ0n) is 11.1. The Bertz CT molecular complexity index is 271. The van der Waals surface area contributed by atoms with E-state index in [4.69, 9.17) is 0 Å². The summed E-state index contributed by atoms with van der Waals surface area (Å²) in [6.07, 6.45) is 12.1. The second-order valence-electron chi connectivity index (χ2n) is 5.53. The Morgan fingerprint density at radius 1 is 1.00 bits per heavy atom. The first-order valence-electron chi connectivity index (χ1n) is 6.53. The highest BCUT2D eigenvalue weighted by Gasteiger charge is 2.18. The number of hydrogen-bond donors (Lipinski definition) is 1. The van der Waals surface area contributed by atoms with Crippen molar-refractivity contribution >= 4 is 0 Å². The van der Waals surface area contributed by atoms with Gasteiger partial charge in [-0.2, -0.15) is 0 Å². The fourth-order valence-electron chi connectivity index (χ4n) is 2.25. The van der Waals surface area contributed by atoms with Crippen LogP contribution in [0.2, 0.25) is 0 Å². The molecule has 1 aliphatic carbocycles. The fourth-order valence-corrected chi connectivity index (χ4v) is 2.25. The molecule has 16 heavy (non-hydrogen) atoms. The van der Waals surface area contributed by atoms with Crippen molar-refractivity contribution in [2.45, 2.75) is 71.3 Å². The molecule has 0 fully saturated rings. The van der Waals surface area contributed by atoms with Crippen LogP contribution in [0.1, 0.15) is 65.7 Å². The van der Waals surface area contributed by atoms with Gasteiger partial charge in [-0.1, -0.05) is 23.3 Å². The molecule has 92 valence electrons. The summed E-state index contributed by atoms with van der Waals surface area (Å²) >= 11 is 0. The number of rotatable bonds is 0. The van der Waals surface area contributed by atoms with Crippen molar-refractivity contribution in [2.24, 2.45) is 0 Å². The third-order valence-corrected chi connectivity index (χ3v) is 3.49. The summed E-state index contributed by atoms with van der Waals surface area (Å²) in [5.74, 6) is 0. The van der Waals surface area contributed by atoms with Gasteiger partial charge in [-0.25, -0.2) is 0 Å². The molecule has 0 aromatic rings. The van der Waals surface area contributed by atoms with Crippen molar-refractivity contribution < 1.29 is 5.11 Å². The van der Waals surface area contributed by atoms with Gasteiger partial charge >= 0.3 is 0 Å². The molecule has 0 radical (unpaired) electrons. The summed E-state index contributed by atoms with van der Waals surface area (Å²) < 4.78 is 0. The molecule has 1 aliphatic rings. The molecular formula is C15H26O. The Kier molecular flexibility index (Phi) is 5.27. The van der Waals surface area contributed by atoms with Gasteiger partial charge in [0, 0.05) is 0 Å². The van der Waals surface area contributed by atoms with Crippen molar-refractivity contribution in [1.29, 1.82) is 0 Å². The van der Waals surface area contributed by atoms with Crippen molar-refractivity contribution in [3.63, 3.8) is 0 Å². The lowest BCUT2D eigenvalue weighted by Crippen LogP contribution is -2.23. The molecule has 0 aromatic carbocycles. The van der Waals surface area contributed by atoms with Crippen molar-refractivity contribution in [1.82, 2.24) is 0 Å². The van der Waals surface area contributed by atoms with Crippen LogP contribution in [0.3, 0.4) is 0 Å². The monoisotopic (exact) mass is 222 g/mol. The summed E-state index contributed by atoms with van der Waals surface area (Å²) in [5.41, 5.74) is 2.46. The molecule has 0 saturated carbocycles. The average molecular weight is 222 g/mol. The predicted octanol–water partition coefficient (Wildman–Crippen LogP) is 4.37. The van der Waals surface area contributed by atoms with E-state index in [-0.39, 0.29) is 0 Å². The van der Waals surface area contributed by atoms with E-state index in [0.717, 1.165) is 32.1 Å². The molecule has 1 unspecified atom stereocenters. The maximum atomic E-state index is 10.2. The van der Waals surface area contributed by atoms with Gasteiger partial charge in [0.25, 0.3) is 0 Å². The molecule has 0 aliphatic heterocycles. The van der Waals surface area contributed by atoms with Crippen molar-refractivity contribution in [3.05, 3.63) is 23.3 Å². The lowest BCUT2D eigenvalue weighted by Gasteiger charge is -2.23. The minimum absolute atomic E-state index is 0.476. The summed E-state index contributed by atoms with van der Waals surface area (Å²) in [6, 6.07) is 0. The molecule has 1 heteroatoms. The van der Waals surface area contributed by atoms with E-state index >= 15 is 0 Å². The molecule has 0 amide bonds. The van der Waals surface area contributed by atoms with E-state index in [1.165, 1.54) is 24.0 Å². The van der Waals surface area contributed by atoms with Gasteiger partial charge in [0.2, 0.25) is 0 Å². The lowest BCUT2D eigenvalue weighted by atomic mass is 9.91. The van der Waals surface area contributed by atoms with Crippen LogP contribution in [0.4, 0.5) is 0 Å². The molecule has 1 nitrogen and oxygen atoms in total. The van der Waals surface area contributed by atoms with Gasteiger partial charge in [-0.05, 0) is 65.7 Å². The summed E-state index contributed by atoms with van der Waals surface area (Å²) in [5, 5.41) is 10.2. The van der Waals surface area contributed by atoms with Crippen LogP contribution >= 0.6 is 0 Å². The number of hydrogen-bond acceptors (Lipinski definition) is 1. The van der Waals surface area contributed by atoms with Crippen LogP contribution in [-0.4, -0.2) is 10.7 Å². The first kappa shape index (κ1) is 13.5. The topological polar surface area (TPSA) is 20.2 Å². The largest absolute Gasteiger partial charge is 0.390 e. The standard InChI is InChI=1S/C15H26O/c1-13-7-4-8-14(2)10-6-12-15(3,16)11-5-9-13/h7,10,16H,4-6,8-9,11-12H2,1-3H3. The maximum Gasteiger partial charge on any atom is 0.0622 e. The molecule has 0 heterocycles. The lowest BCUT2D eigenvalue weighted by molar-refractivity contribution is 0.0410. The molecule has 1 rings (SSSR count). The normalized spacial score (nSPS) is 29.8. The molecule has 1 atom stereocenters. The van der Waals surface area contributed by atoms with E-state index in [9.17, 15) is 5.11 Å². The van der Waals surface area contributed by atoms with Crippen LogP contribution in [0.15, 0.2) is 23.3 Å².